The number of sulfonamides is 1. The maximum Gasteiger partial charge on any atom is 0.244 e. The van der Waals surface area contributed by atoms with Gasteiger partial charge in [0.25, 0.3) is 0 Å². The van der Waals surface area contributed by atoms with Gasteiger partial charge in [0, 0.05) is 11.7 Å². The Bertz CT molecular complexity index is 592. The third-order valence-electron chi connectivity index (χ3n) is 3.01. The number of anilines is 1. The standard InChI is InChI=1S/C14H23N3O3S/c1-10(2)17-21(19,20)12-8-6-11(7-9-12)16-13(18)14(3,4)15-5/h6-10,15,17H,1-5H3,(H,16,18). The topological polar surface area (TPSA) is 87.3 Å². The smallest absolute Gasteiger partial charge is 0.244 e. The van der Waals surface area contributed by atoms with E-state index >= 15 is 0 Å². The van der Waals surface area contributed by atoms with Crippen molar-refractivity contribution >= 4 is 21.6 Å². The molecule has 118 valence electrons. The van der Waals surface area contributed by atoms with Crippen molar-refractivity contribution in [2.75, 3.05) is 12.4 Å². The molecule has 0 aliphatic carbocycles. The number of rotatable bonds is 6. The highest BCUT2D eigenvalue weighted by molar-refractivity contribution is 7.89. The number of carbonyl (C=O) groups is 1. The summed E-state index contributed by atoms with van der Waals surface area (Å²) in [6.07, 6.45) is 0. The van der Waals surface area contributed by atoms with Crippen LogP contribution in [0.1, 0.15) is 27.7 Å². The van der Waals surface area contributed by atoms with Crippen LogP contribution in [0.25, 0.3) is 0 Å². The maximum atomic E-state index is 12.0. The Balaban J connectivity index is 2.87. The van der Waals surface area contributed by atoms with Gasteiger partial charge in [-0.1, -0.05) is 0 Å². The molecule has 1 amide bonds. The number of carbonyl (C=O) groups excluding carboxylic acids is 1. The molecule has 0 aliphatic rings. The molecule has 0 saturated heterocycles. The van der Waals surface area contributed by atoms with E-state index in [0.29, 0.717) is 5.69 Å². The fraction of sp³-hybridized carbons (Fsp3) is 0.500. The molecule has 0 aromatic heterocycles. The molecule has 0 bridgehead atoms. The van der Waals surface area contributed by atoms with Gasteiger partial charge in [0.1, 0.15) is 0 Å². The minimum atomic E-state index is -3.51. The summed E-state index contributed by atoms with van der Waals surface area (Å²) < 4.78 is 26.5. The van der Waals surface area contributed by atoms with Gasteiger partial charge < -0.3 is 10.6 Å². The summed E-state index contributed by atoms with van der Waals surface area (Å²) in [5.74, 6) is -0.194. The lowest BCUT2D eigenvalue weighted by atomic mass is 10.1. The van der Waals surface area contributed by atoms with Crippen LogP contribution < -0.4 is 15.4 Å². The summed E-state index contributed by atoms with van der Waals surface area (Å²) >= 11 is 0. The van der Waals surface area contributed by atoms with E-state index in [2.05, 4.69) is 15.4 Å². The molecule has 0 aliphatic heterocycles. The van der Waals surface area contributed by atoms with E-state index in [0.717, 1.165) is 0 Å². The lowest BCUT2D eigenvalue weighted by molar-refractivity contribution is -0.121. The second-order valence-corrected chi connectivity index (χ2v) is 7.34. The fourth-order valence-corrected chi connectivity index (χ4v) is 2.75. The van der Waals surface area contributed by atoms with Crippen molar-refractivity contribution in [2.24, 2.45) is 0 Å². The SMILES string of the molecule is CNC(C)(C)C(=O)Nc1ccc(S(=O)(=O)NC(C)C)cc1. The van der Waals surface area contributed by atoms with Gasteiger partial charge in [-0.2, -0.15) is 0 Å². The molecule has 1 aromatic carbocycles. The van der Waals surface area contributed by atoms with Crippen molar-refractivity contribution in [2.45, 2.75) is 44.2 Å². The Morgan fingerprint density at radius 1 is 1.14 bits per heavy atom. The number of hydrogen-bond donors (Lipinski definition) is 3. The molecule has 0 saturated carbocycles. The van der Waals surface area contributed by atoms with E-state index in [9.17, 15) is 13.2 Å². The van der Waals surface area contributed by atoms with Gasteiger partial charge in [0.05, 0.1) is 10.4 Å². The second-order valence-electron chi connectivity index (χ2n) is 5.63. The van der Waals surface area contributed by atoms with Gasteiger partial charge in [-0.15, -0.1) is 0 Å². The zero-order valence-electron chi connectivity index (χ0n) is 13.0. The number of benzene rings is 1. The van der Waals surface area contributed by atoms with E-state index in [4.69, 9.17) is 0 Å². The van der Waals surface area contributed by atoms with Crippen LogP contribution in [0.4, 0.5) is 5.69 Å². The number of nitrogens with one attached hydrogen (secondary N) is 3. The predicted molar refractivity (Wildman–Crippen MR) is 83.7 cm³/mol. The molecule has 0 unspecified atom stereocenters. The highest BCUT2D eigenvalue weighted by Gasteiger charge is 2.25. The van der Waals surface area contributed by atoms with Crippen molar-refractivity contribution in [1.82, 2.24) is 10.0 Å². The van der Waals surface area contributed by atoms with E-state index in [1.54, 1.807) is 46.9 Å². The molecule has 0 atom stereocenters. The van der Waals surface area contributed by atoms with Crippen LogP contribution in [0, 0.1) is 0 Å². The first-order chi connectivity index (χ1) is 9.58. The summed E-state index contributed by atoms with van der Waals surface area (Å²) in [5.41, 5.74) is -0.156. The average Bonchev–Trinajstić information content (AvgIpc) is 2.37. The van der Waals surface area contributed by atoms with Gasteiger partial charge in [-0.25, -0.2) is 13.1 Å². The quantitative estimate of drug-likeness (QED) is 0.739. The van der Waals surface area contributed by atoms with Crippen LogP contribution in [0.2, 0.25) is 0 Å². The lowest BCUT2D eigenvalue weighted by Crippen LogP contribution is -2.47. The molecule has 0 spiro atoms. The fourth-order valence-electron chi connectivity index (χ4n) is 1.50. The summed E-state index contributed by atoms with van der Waals surface area (Å²) in [4.78, 5) is 12.2. The van der Waals surface area contributed by atoms with Gasteiger partial charge in [-0.05, 0) is 59.0 Å². The Labute approximate surface area is 126 Å². The van der Waals surface area contributed by atoms with Crippen LogP contribution in [0.5, 0.6) is 0 Å². The summed E-state index contributed by atoms with van der Waals surface area (Å²) in [6, 6.07) is 5.89. The van der Waals surface area contributed by atoms with Crippen LogP contribution >= 0.6 is 0 Å². The summed E-state index contributed by atoms with van der Waals surface area (Å²) in [5, 5.41) is 5.64. The maximum absolute atomic E-state index is 12.0. The predicted octanol–water partition coefficient (Wildman–Crippen LogP) is 1.31. The third-order valence-corrected chi connectivity index (χ3v) is 4.68. The molecule has 1 aromatic rings. The molecule has 3 N–H and O–H groups in total. The summed E-state index contributed by atoms with van der Waals surface area (Å²) in [6.45, 7) is 7.03. The van der Waals surface area contributed by atoms with E-state index in [1.165, 1.54) is 12.1 Å². The Hall–Kier alpha value is -1.44. The van der Waals surface area contributed by atoms with Crippen LogP contribution in [-0.2, 0) is 14.8 Å². The normalized spacial score (nSPS) is 12.5. The third kappa shape index (κ3) is 4.80. The highest BCUT2D eigenvalue weighted by atomic mass is 32.2. The molecular formula is C14H23N3O3S. The van der Waals surface area contributed by atoms with Crippen molar-refractivity contribution in [3.63, 3.8) is 0 Å². The van der Waals surface area contributed by atoms with E-state index in [1.807, 2.05) is 0 Å². The largest absolute Gasteiger partial charge is 0.325 e. The zero-order valence-corrected chi connectivity index (χ0v) is 13.8. The van der Waals surface area contributed by atoms with Crippen molar-refractivity contribution < 1.29 is 13.2 Å². The van der Waals surface area contributed by atoms with Crippen molar-refractivity contribution in [3.05, 3.63) is 24.3 Å². The minimum Gasteiger partial charge on any atom is -0.325 e. The average molecular weight is 313 g/mol. The summed E-state index contributed by atoms with van der Waals surface area (Å²) in [7, 11) is -1.81. The molecule has 0 radical (unpaired) electrons. The number of hydrogen-bond acceptors (Lipinski definition) is 4. The first-order valence-corrected chi connectivity index (χ1v) is 8.19. The Morgan fingerprint density at radius 2 is 1.67 bits per heavy atom. The first kappa shape index (κ1) is 17.6. The molecule has 0 fully saturated rings. The number of amides is 1. The molecule has 1 rings (SSSR count). The lowest BCUT2D eigenvalue weighted by Gasteiger charge is -2.22. The van der Waals surface area contributed by atoms with Crippen LogP contribution in [-0.4, -0.2) is 33.0 Å². The van der Waals surface area contributed by atoms with Gasteiger partial charge in [-0.3, -0.25) is 4.79 Å². The number of likely N-dealkylation sites (N-methyl/N-ethyl adjacent to an activating group) is 1. The highest BCUT2D eigenvalue weighted by Crippen LogP contribution is 2.15. The molecule has 6 nitrogen and oxygen atoms in total. The van der Waals surface area contributed by atoms with Crippen LogP contribution in [0.15, 0.2) is 29.2 Å². The molecular weight excluding hydrogens is 290 g/mol. The van der Waals surface area contributed by atoms with Gasteiger partial charge in [0.15, 0.2) is 0 Å². The first-order valence-electron chi connectivity index (χ1n) is 6.71. The molecule has 0 heterocycles. The zero-order chi connectivity index (χ0) is 16.3. The van der Waals surface area contributed by atoms with Gasteiger partial charge >= 0.3 is 0 Å². The van der Waals surface area contributed by atoms with Crippen molar-refractivity contribution in [1.29, 1.82) is 0 Å². The molecule has 7 heteroatoms. The monoisotopic (exact) mass is 313 g/mol. The molecule has 21 heavy (non-hydrogen) atoms. The Kier molecular flexibility index (Phi) is 5.49. The van der Waals surface area contributed by atoms with Gasteiger partial charge in [0.2, 0.25) is 15.9 Å². The van der Waals surface area contributed by atoms with Crippen molar-refractivity contribution in [3.8, 4) is 0 Å². The van der Waals surface area contributed by atoms with Crippen LogP contribution in [0.3, 0.4) is 0 Å². The second kappa shape index (κ2) is 6.55. The van der Waals surface area contributed by atoms with E-state index < -0.39 is 15.6 Å². The van der Waals surface area contributed by atoms with E-state index in [-0.39, 0.29) is 16.8 Å². The Morgan fingerprint density at radius 3 is 2.10 bits per heavy atom. The minimum absolute atomic E-state index is 0.169.